The Labute approximate surface area is 156 Å². The molecule has 0 unspecified atom stereocenters. The van der Waals surface area contributed by atoms with Crippen LogP contribution in [-0.2, 0) is 0 Å². The minimum Gasteiger partial charge on any atom is -0.337 e. The lowest BCUT2D eigenvalue weighted by Crippen LogP contribution is -2.32. The summed E-state index contributed by atoms with van der Waals surface area (Å²) in [6, 6.07) is 27.8. The maximum atomic E-state index is 12.3. The van der Waals surface area contributed by atoms with Crippen molar-refractivity contribution in [2.75, 3.05) is 11.9 Å². The highest BCUT2D eigenvalue weighted by atomic mass is 79.9. The van der Waals surface area contributed by atoms with Gasteiger partial charge in [0.25, 0.3) is 0 Å². The number of hydrogen-bond donors (Lipinski definition) is 2. The summed E-state index contributed by atoms with van der Waals surface area (Å²) in [5.41, 5.74) is 3.10. The minimum atomic E-state index is -0.219. The Hall–Kier alpha value is -2.59. The molecule has 0 spiro atoms. The van der Waals surface area contributed by atoms with Gasteiger partial charge in [0.05, 0.1) is 5.69 Å². The van der Waals surface area contributed by atoms with Crippen molar-refractivity contribution >= 4 is 27.6 Å². The van der Waals surface area contributed by atoms with Crippen molar-refractivity contribution in [2.24, 2.45) is 0 Å². The molecule has 0 aromatic heterocycles. The van der Waals surface area contributed by atoms with Crippen molar-refractivity contribution in [2.45, 2.75) is 5.92 Å². The van der Waals surface area contributed by atoms with Gasteiger partial charge in [0.2, 0.25) is 0 Å². The van der Waals surface area contributed by atoms with E-state index in [4.69, 9.17) is 0 Å². The van der Waals surface area contributed by atoms with E-state index in [9.17, 15) is 4.79 Å². The summed E-state index contributed by atoms with van der Waals surface area (Å²) >= 11 is 3.44. The zero-order chi connectivity index (χ0) is 17.5. The van der Waals surface area contributed by atoms with Gasteiger partial charge in [0.1, 0.15) is 0 Å². The van der Waals surface area contributed by atoms with Crippen LogP contribution in [0.3, 0.4) is 0 Å². The first kappa shape index (κ1) is 17.2. The lowest BCUT2D eigenvalue weighted by atomic mass is 9.91. The molecule has 3 aromatic rings. The summed E-state index contributed by atoms with van der Waals surface area (Å²) in [5.74, 6) is 0.104. The largest absolute Gasteiger partial charge is 0.337 e. The molecular weight excluding hydrogens is 376 g/mol. The lowest BCUT2D eigenvalue weighted by molar-refractivity contribution is 0.252. The molecule has 3 aromatic carbocycles. The van der Waals surface area contributed by atoms with Crippen molar-refractivity contribution in [1.82, 2.24) is 5.32 Å². The SMILES string of the molecule is O=C(NCC(c1ccccc1)c1ccccc1)Nc1ccccc1Br. The van der Waals surface area contributed by atoms with Crippen LogP contribution < -0.4 is 10.6 Å². The van der Waals surface area contributed by atoms with Gasteiger partial charge in [-0.15, -0.1) is 0 Å². The van der Waals surface area contributed by atoms with Crippen molar-refractivity contribution in [3.8, 4) is 0 Å². The van der Waals surface area contributed by atoms with Gasteiger partial charge in [0.15, 0.2) is 0 Å². The summed E-state index contributed by atoms with van der Waals surface area (Å²) < 4.78 is 0.854. The van der Waals surface area contributed by atoms with Crippen molar-refractivity contribution < 1.29 is 4.79 Å². The third kappa shape index (κ3) is 4.70. The number of rotatable bonds is 5. The van der Waals surface area contributed by atoms with Gasteiger partial charge in [-0.1, -0.05) is 72.8 Å². The van der Waals surface area contributed by atoms with Gasteiger partial charge in [-0.05, 0) is 39.2 Å². The normalized spacial score (nSPS) is 10.5. The van der Waals surface area contributed by atoms with E-state index in [1.165, 1.54) is 11.1 Å². The van der Waals surface area contributed by atoms with Gasteiger partial charge in [-0.2, -0.15) is 0 Å². The Kier molecular flexibility index (Phi) is 5.86. The molecule has 3 nitrogen and oxygen atoms in total. The third-order valence-electron chi connectivity index (χ3n) is 3.99. The van der Waals surface area contributed by atoms with Crippen LogP contribution in [0.15, 0.2) is 89.4 Å². The first-order chi connectivity index (χ1) is 12.2. The Morgan fingerprint density at radius 1 is 0.800 bits per heavy atom. The van der Waals surface area contributed by atoms with E-state index in [-0.39, 0.29) is 11.9 Å². The molecule has 0 aliphatic heterocycles. The fraction of sp³-hybridized carbons (Fsp3) is 0.0952. The summed E-state index contributed by atoms with van der Waals surface area (Å²) in [4.78, 5) is 12.3. The van der Waals surface area contributed by atoms with Crippen LogP contribution >= 0.6 is 15.9 Å². The van der Waals surface area contributed by atoms with Crippen molar-refractivity contribution in [1.29, 1.82) is 0 Å². The third-order valence-corrected chi connectivity index (χ3v) is 4.68. The average molecular weight is 395 g/mol. The topological polar surface area (TPSA) is 41.1 Å². The summed E-state index contributed by atoms with van der Waals surface area (Å²) in [6.45, 7) is 0.518. The first-order valence-corrected chi connectivity index (χ1v) is 8.92. The molecule has 2 N–H and O–H groups in total. The van der Waals surface area contributed by atoms with Crippen LogP contribution in [0.5, 0.6) is 0 Å². The van der Waals surface area contributed by atoms with Crippen LogP contribution in [0.25, 0.3) is 0 Å². The number of amides is 2. The Balaban J connectivity index is 1.71. The van der Waals surface area contributed by atoms with E-state index in [0.29, 0.717) is 6.54 Å². The number of para-hydroxylation sites is 1. The molecule has 0 heterocycles. The highest BCUT2D eigenvalue weighted by Gasteiger charge is 2.15. The second-order valence-corrected chi connectivity index (χ2v) is 6.54. The molecule has 0 aliphatic carbocycles. The van der Waals surface area contributed by atoms with E-state index in [2.05, 4.69) is 50.8 Å². The number of carbonyl (C=O) groups is 1. The molecule has 0 radical (unpaired) electrons. The van der Waals surface area contributed by atoms with Crippen LogP contribution in [0.1, 0.15) is 17.0 Å². The Morgan fingerprint density at radius 3 is 1.88 bits per heavy atom. The van der Waals surface area contributed by atoms with Gasteiger partial charge in [0, 0.05) is 16.9 Å². The number of halogens is 1. The lowest BCUT2D eigenvalue weighted by Gasteiger charge is -2.19. The second kappa shape index (κ2) is 8.49. The van der Waals surface area contributed by atoms with E-state index in [1.807, 2.05) is 60.7 Å². The average Bonchev–Trinajstić information content (AvgIpc) is 2.66. The number of anilines is 1. The smallest absolute Gasteiger partial charge is 0.319 e. The van der Waals surface area contributed by atoms with E-state index in [0.717, 1.165) is 10.2 Å². The molecule has 25 heavy (non-hydrogen) atoms. The maximum absolute atomic E-state index is 12.3. The molecule has 2 amide bonds. The highest BCUT2D eigenvalue weighted by molar-refractivity contribution is 9.10. The number of carbonyl (C=O) groups excluding carboxylic acids is 1. The Morgan fingerprint density at radius 2 is 1.32 bits per heavy atom. The molecule has 3 rings (SSSR count). The molecule has 0 fully saturated rings. The van der Waals surface area contributed by atoms with Crippen molar-refractivity contribution in [3.05, 3.63) is 101 Å². The van der Waals surface area contributed by atoms with E-state index in [1.54, 1.807) is 0 Å². The molecule has 0 bridgehead atoms. The predicted octanol–water partition coefficient (Wildman–Crippen LogP) is 5.40. The van der Waals surface area contributed by atoms with Gasteiger partial charge >= 0.3 is 6.03 Å². The fourth-order valence-corrected chi connectivity index (χ4v) is 3.11. The summed E-state index contributed by atoms with van der Waals surface area (Å²) in [5, 5.41) is 5.86. The second-order valence-electron chi connectivity index (χ2n) is 5.69. The predicted molar refractivity (Wildman–Crippen MR) is 106 cm³/mol. The number of hydrogen-bond acceptors (Lipinski definition) is 1. The van der Waals surface area contributed by atoms with Gasteiger partial charge in [-0.25, -0.2) is 4.79 Å². The summed E-state index contributed by atoms with van der Waals surface area (Å²) in [6.07, 6.45) is 0. The van der Waals surface area contributed by atoms with E-state index >= 15 is 0 Å². The monoisotopic (exact) mass is 394 g/mol. The first-order valence-electron chi connectivity index (χ1n) is 8.13. The molecular formula is C21H19BrN2O. The quantitative estimate of drug-likeness (QED) is 0.597. The molecule has 0 saturated carbocycles. The Bertz CT molecular complexity index is 782. The zero-order valence-electron chi connectivity index (χ0n) is 13.7. The molecule has 0 saturated heterocycles. The standard InChI is InChI=1S/C21H19BrN2O/c22-19-13-7-8-14-20(19)24-21(25)23-15-18(16-9-3-1-4-10-16)17-11-5-2-6-12-17/h1-14,18H,15H2,(H2,23,24,25). The summed E-state index contributed by atoms with van der Waals surface area (Å²) in [7, 11) is 0. The minimum absolute atomic E-state index is 0.104. The van der Waals surface area contributed by atoms with Crippen LogP contribution in [-0.4, -0.2) is 12.6 Å². The zero-order valence-corrected chi connectivity index (χ0v) is 15.2. The number of urea groups is 1. The van der Waals surface area contributed by atoms with Gasteiger partial charge < -0.3 is 10.6 Å². The number of benzene rings is 3. The van der Waals surface area contributed by atoms with Crippen LogP contribution in [0.4, 0.5) is 10.5 Å². The maximum Gasteiger partial charge on any atom is 0.319 e. The van der Waals surface area contributed by atoms with Crippen LogP contribution in [0.2, 0.25) is 0 Å². The molecule has 126 valence electrons. The highest BCUT2D eigenvalue weighted by Crippen LogP contribution is 2.24. The van der Waals surface area contributed by atoms with Crippen LogP contribution in [0, 0.1) is 0 Å². The van der Waals surface area contributed by atoms with Crippen molar-refractivity contribution in [3.63, 3.8) is 0 Å². The molecule has 4 heteroatoms. The van der Waals surface area contributed by atoms with Gasteiger partial charge in [-0.3, -0.25) is 0 Å². The van der Waals surface area contributed by atoms with E-state index < -0.39 is 0 Å². The molecule has 0 aliphatic rings. The molecule has 0 atom stereocenters. The fourth-order valence-electron chi connectivity index (χ4n) is 2.72. The number of nitrogens with one attached hydrogen (secondary N) is 2.